The number of aryl methyl sites for hydroxylation is 1. The lowest BCUT2D eigenvalue weighted by Gasteiger charge is -2.20. The van der Waals surface area contributed by atoms with Crippen LogP contribution in [0.15, 0.2) is 60.8 Å². The van der Waals surface area contributed by atoms with Crippen LogP contribution < -0.4 is 10.6 Å². The highest BCUT2D eigenvalue weighted by molar-refractivity contribution is 5.97. The summed E-state index contributed by atoms with van der Waals surface area (Å²) in [5.41, 5.74) is 3.66. The van der Waals surface area contributed by atoms with Gasteiger partial charge in [-0.3, -0.25) is 4.79 Å². The molecule has 0 bridgehead atoms. The number of pyridine rings is 1. The molecule has 1 heterocycles. The Morgan fingerprint density at radius 1 is 1.06 bits per heavy atom. The Balaban J connectivity index is 1.80. The number of nitrogens with one attached hydrogen (secondary N) is 2. The summed E-state index contributed by atoms with van der Waals surface area (Å²) in [6.07, 6.45) is -4.67. The molecule has 0 radical (unpaired) electrons. The van der Waals surface area contributed by atoms with E-state index in [2.05, 4.69) is 15.6 Å². The summed E-state index contributed by atoms with van der Waals surface area (Å²) >= 11 is 0. The number of carbonyl (C=O) groups excluding carboxylic acids is 2. The number of hydrogen-bond donors (Lipinski definition) is 2. The minimum Gasteiger partial charge on any atom is -0.465 e. The summed E-state index contributed by atoms with van der Waals surface area (Å²) in [6, 6.07) is 15.9. The van der Waals surface area contributed by atoms with Crippen LogP contribution >= 0.6 is 0 Å². The van der Waals surface area contributed by atoms with Gasteiger partial charge >= 0.3 is 12.1 Å². The lowest BCUT2D eigenvalue weighted by Crippen LogP contribution is -2.22. The first-order valence-corrected chi connectivity index (χ1v) is 10.5. The number of hydrogen-bond acceptors (Lipinski definition) is 5. The summed E-state index contributed by atoms with van der Waals surface area (Å²) in [7, 11) is 1.33. The topological polar surface area (TPSA) is 80.3 Å². The molecule has 6 nitrogen and oxygen atoms in total. The van der Waals surface area contributed by atoms with Crippen LogP contribution in [0.4, 0.5) is 24.7 Å². The van der Waals surface area contributed by atoms with Crippen molar-refractivity contribution in [2.75, 3.05) is 17.7 Å². The number of rotatable bonds is 7. The van der Waals surface area contributed by atoms with Crippen molar-refractivity contribution in [2.24, 2.45) is 0 Å². The molecule has 1 aromatic heterocycles. The van der Waals surface area contributed by atoms with Crippen molar-refractivity contribution in [2.45, 2.75) is 32.5 Å². The fourth-order valence-electron chi connectivity index (χ4n) is 3.45. The number of halogens is 3. The van der Waals surface area contributed by atoms with Crippen LogP contribution in [0.25, 0.3) is 11.1 Å². The smallest absolute Gasteiger partial charge is 0.397 e. The molecule has 1 atom stereocenters. The highest BCUT2D eigenvalue weighted by Crippen LogP contribution is 2.30. The average molecular weight is 471 g/mol. The van der Waals surface area contributed by atoms with E-state index in [1.165, 1.54) is 13.3 Å². The summed E-state index contributed by atoms with van der Waals surface area (Å²) in [6.45, 7) is 3.54. The van der Waals surface area contributed by atoms with Gasteiger partial charge < -0.3 is 15.4 Å². The molecule has 0 saturated heterocycles. The van der Waals surface area contributed by atoms with E-state index >= 15 is 0 Å². The summed E-state index contributed by atoms with van der Waals surface area (Å²) in [4.78, 5) is 28.1. The zero-order chi connectivity index (χ0) is 24.9. The van der Waals surface area contributed by atoms with Gasteiger partial charge in [0.15, 0.2) is 5.82 Å². The van der Waals surface area contributed by atoms with Crippen molar-refractivity contribution in [3.8, 4) is 11.1 Å². The molecule has 3 rings (SSSR count). The fraction of sp³-hybridized carbons (Fsp3) is 0.240. The van der Waals surface area contributed by atoms with Crippen LogP contribution in [-0.4, -0.2) is 30.1 Å². The van der Waals surface area contributed by atoms with E-state index in [0.717, 1.165) is 16.7 Å². The van der Waals surface area contributed by atoms with Gasteiger partial charge in [-0.05, 0) is 48.2 Å². The maximum atomic E-state index is 12.6. The normalized spacial score (nSPS) is 12.1. The highest BCUT2D eigenvalue weighted by Gasteiger charge is 2.31. The van der Waals surface area contributed by atoms with Gasteiger partial charge in [0, 0.05) is 6.20 Å². The third-order valence-corrected chi connectivity index (χ3v) is 5.19. The first-order valence-electron chi connectivity index (χ1n) is 10.5. The molecule has 178 valence electrons. The minimum atomic E-state index is -4.60. The summed E-state index contributed by atoms with van der Waals surface area (Å²) in [5.74, 6) is -1.32. The lowest BCUT2D eigenvalue weighted by molar-refractivity contribution is -0.150. The molecule has 0 aliphatic heterocycles. The van der Waals surface area contributed by atoms with E-state index in [0.29, 0.717) is 11.1 Å². The van der Waals surface area contributed by atoms with Crippen LogP contribution in [0.3, 0.4) is 0 Å². The van der Waals surface area contributed by atoms with Crippen LogP contribution in [0.2, 0.25) is 0 Å². The second-order valence-corrected chi connectivity index (χ2v) is 7.72. The van der Waals surface area contributed by atoms with Gasteiger partial charge in [-0.15, -0.1) is 0 Å². The molecule has 1 amide bonds. The molecule has 0 spiro atoms. The lowest BCUT2D eigenvalue weighted by atomic mass is 9.97. The molecule has 2 N–H and O–H groups in total. The second-order valence-electron chi connectivity index (χ2n) is 7.72. The number of carbonyl (C=O) groups is 2. The monoisotopic (exact) mass is 471 g/mol. The minimum absolute atomic E-state index is 0.201. The van der Waals surface area contributed by atoms with Crippen molar-refractivity contribution in [1.29, 1.82) is 0 Å². The number of aromatic nitrogens is 1. The quantitative estimate of drug-likeness (QED) is 0.419. The highest BCUT2D eigenvalue weighted by atomic mass is 19.4. The van der Waals surface area contributed by atoms with E-state index in [4.69, 9.17) is 4.74 Å². The van der Waals surface area contributed by atoms with Gasteiger partial charge in [0.1, 0.15) is 6.42 Å². The molecule has 3 aromatic rings. The molecule has 0 saturated carbocycles. The third kappa shape index (κ3) is 6.12. The SMILES string of the molecule is COC(=O)c1ccccc1-c1ccc([C@@H](C)Nc2nccc(C)c2NC(=O)CC(F)(F)F)cc1. The molecular weight excluding hydrogens is 447 g/mol. The van der Waals surface area contributed by atoms with Crippen molar-refractivity contribution < 1.29 is 27.5 Å². The molecular formula is C25H24F3N3O3. The van der Waals surface area contributed by atoms with Gasteiger partial charge in [0.05, 0.1) is 24.4 Å². The number of ether oxygens (including phenoxy) is 1. The Labute approximate surface area is 195 Å². The predicted molar refractivity (Wildman–Crippen MR) is 124 cm³/mol. The summed E-state index contributed by atoms with van der Waals surface area (Å²) in [5, 5.41) is 5.47. The van der Waals surface area contributed by atoms with Crippen LogP contribution in [-0.2, 0) is 9.53 Å². The molecule has 0 unspecified atom stereocenters. The maximum absolute atomic E-state index is 12.6. The largest absolute Gasteiger partial charge is 0.465 e. The third-order valence-electron chi connectivity index (χ3n) is 5.19. The fourth-order valence-corrected chi connectivity index (χ4v) is 3.45. The number of amides is 1. The van der Waals surface area contributed by atoms with E-state index in [-0.39, 0.29) is 17.5 Å². The van der Waals surface area contributed by atoms with E-state index in [9.17, 15) is 22.8 Å². The van der Waals surface area contributed by atoms with E-state index in [1.807, 2.05) is 43.3 Å². The Morgan fingerprint density at radius 2 is 1.74 bits per heavy atom. The first-order chi connectivity index (χ1) is 16.1. The van der Waals surface area contributed by atoms with Gasteiger partial charge in [-0.1, -0.05) is 42.5 Å². The van der Waals surface area contributed by atoms with Crippen molar-refractivity contribution in [1.82, 2.24) is 4.98 Å². The molecule has 2 aromatic carbocycles. The van der Waals surface area contributed by atoms with Crippen LogP contribution in [0.5, 0.6) is 0 Å². The van der Waals surface area contributed by atoms with Gasteiger partial charge in [-0.2, -0.15) is 13.2 Å². The van der Waals surface area contributed by atoms with Crippen molar-refractivity contribution in [3.63, 3.8) is 0 Å². The Hall–Kier alpha value is -3.88. The number of benzene rings is 2. The number of anilines is 2. The van der Waals surface area contributed by atoms with E-state index < -0.39 is 24.5 Å². The predicted octanol–water partition coefficient (Wildman–Crippen LogP) is 5.91. The molecule has 0 aliphatic rings. The van der Waals surface area contributed by atoms with Gasteiger partial charge in [0.25, 0.3) is 0 Å². The Morgan fingerprint density at radius 3 is 2.38 bits per heavy atom. The van der Waals surface area contributed by atoms with Crippen molar-refractivity contribution in [3.05, 3.63) is 77.5 Å². The van der Waals surface area contributed by atoms with Crippen molar-refractivity contribution >= 4 is 23.4 Å². The molecule has 9 heteroatoms. The molecule has 0 aliphatic carbocycles. The standard InChI is InChI=1S/C25H24F3N3O3/c1-15-12-13-29-23(22(15)31-21(32)14-25(26,27)28)30-16(2)17-8-10-18(11-9-17)19-6-4-5-7-20(19)24(33)34-3/h4-13,16H,14H2,1-3H3,(H,29,30)(H,31,32)/t16-/m1/s1. The number of esters is 1. The van der Waals surface area contributed by atoms with Gasteiger partial charge in [0.2, 0.25) is 5.91 Å². The zero-order valence-electron chi connectivity index (χ0n) is 18.9. The first kappa shape index (κ1) is 24.8. The number of alkyl halides is 3. The molecule has 34 heavy (non-hydrogen) atoms. The van der Waals surface area contributed by atoms with Crippen LogP contribution in [0, 0.1) is 6.92 Å². The second kappa shape index (κ2) is 10.4. The Kier molecular flexibility index (Phi) is 7.55. The molecule has 0 fully saturated rings. The van der Waals surface area contributed by atoms with Crippen LogP contribution in [0.1, 0.15) is 40.9 Å². The maximum Gasteiger partial charge on any atom is 0.397 e. The van der Waals surface area contributed by atoms with E-state index in [1.54, 1.807) is 25.1 Å². The number of methoxy groups -OCH3 is 1. The zero-order valence-corrected chi connectivity index (χ0v) is 18.9. The number of nitrogens with zero attached hydrogens (tertiary/aromatic N) is 1. The van der Waals surface area contributed by atoms with Gasteiger partial charge in [-0.25, -0.2) is 9.78 Å². The summed E-state index contributed by atoms with van der Waals surface area (Å²) < 4.78 is 42.6. The Bertz CT molecular complexity index is 1180. The average Bonchev–Trinajstić information content (AvgIpc) is 2.79.